The van der Waals surface area contributed by atoms with Gasteiger partial charge in [0.1, 0.15) is 11.6 Å². The molecule has 13 heteroatoms. The maximum absolute atomic E-state index is 14.2. The standard InChI is InChI=1S/C31H37FN8O4/c1-42-26-11-9-22(10-12-26)20-35-29-38-30(36-21-24-5-2-3-8-27(24)32)40-31(39-29)37-25-7-4-6-23(19-25)28(41)34-14-16-44-18-17-43-15-13-33/h2-12,19H,13-18,20-21,33H2,1H3,(H,34,41)(H3,35,36,37,38,39,40). The first kappa shape index (κ1) is 32.1. The highest BCUT2D eigenvalue weighted by Gasteiger charge is 2.11. The summed E-state index contributed by atoms with van der Waals surface area (Å²) >= 11 is 0. The molecule has 0 atom stereocenters. The molecule has 1 amide bonds. The van der Waals surface area contributed by atoms with Gasteiger partial charge in [-0.2, -0.15) is 15.0 Å². The summed E-state index contributed by atoms with van der Waals surface area (Å²) in [6.07, 6.45) is 0. The Kier molecular flexibility index (Phi) is 12.6. The zero-order valence-corrected chi connectivity index (χ0v) is 24.5. The van der Waals surface area contributed by atoms with Gasteiger partial charge in [-0.25, -0.2) is 4.39 Å². The van der Waals surface area contributed by atoms with Gasteiger partial charge in [0.15, 0.2) is 0 Å². The van der Waals surface area contributed by atoms with E-state index in [0.29, 0.717) is 68.8 Å². The van der Waals surface area contributed by atoms with Gasteiger partial charge in [-0.3, -0.25) is 4.79 Å². The molecule has 3 aromatic carbocycles. The van der Waals surface area contributed by atoms with E-state index in [1.165, 1.54) is 6.07 Å². The third kappa shape index (κ3) is 10.5. The Hall–Kier alpha value is -4.85. The number of rotatable bonds is 18. The average Bonchev–Trinajstić information content (AvgIpc) is 3.05. The largest absolute Gasteiger partial charge is 0.497 e. The van der Waals surface area contributed by atoms with Crippen LogP contribution in [-0.4, -0.2) is 67.5 Å². The van der Waals surface area contributed by atoms with E-state index >= 15 is 0 Å². The number of nitrogens with two attached hydrogens (primary N) is 1. The fraction of sp³-hybridized carbons (Fsp3) is 0.290. The van der Waals surface area contributed by atoms with Crippen molar-refractivity contribution in [2.75, 3.05) is 62.6 Å². The number of methoxy groups -OCH3 is 1. The van der Waals surface area contributed by atoms with Crippen molar-refractivity contribution in [3.8, 4) is 5.75 Å². The molecule has 0 fully saturated rings. The minimum atomic E-state index is -0.330. The van der Waals surface area contributed by atoms with Gasteiger partial charge in [0.2, 0.25) is 17.8 Å². The number of nitrogens with zero attached hydrogens (tertiary/aromatic N) is 3. The van der Waals surface area contributed by atoms with Gasteiger partial charge >= 0.3 is 0 Å². The molecule has 232 valence electrons. The fourth-order valence-corrected chi connectivity index (χ4v) is 3.94. The number of carbonyl (C=O) groups is 1. The maximum Gasteiger partial charge on any atom is 0.251 e. The number of benzene rings is 3. The summed E-state index contributed by atoms with van der Waals surface area (Å²) in [7, 11) is 1.62. The molecule has 4 rings (SSSR count). The van der Waals surface area contributed by atoms with Crippen LogP contribution < -0.4 is 31.7 Å². The lowest BCUT2D eigenvalue weighted by atomic mass is 10.2. The zero-order valence-electron chi connectivity index (χ0n) is 24.5. The van der Waals surface area contributed by atoms with Gasteiger partial charge in [-0.05, 0) is 42.0 Å². The van der Waals surface area contributed by atoms with Gasteiger partial charge in [-0.1, -0.05) is 36.4 Å². The zero-order chi connectivity index (χ0) is 31.0. The van der Waals surface area contributed by atoms with Crippen molar-refractivity contribution in [1.82, 2.24) is 20.3 Å². The smallest absolute Gasteiger partial charge is 0.251 e. The topological polar surface area (TPSA) is 158 Å². The summed E-state index contributed by atoms with van der Waals surface area (Å²) in [6, 6.07) is 21.0. The van der Waals surface area contributed by atoms with Crippen molar-refractivity contribution in [3.63, 3.8) is 0 Å². The second-order valence-electron chi connectivity index (χ2n) is 9.43. The second-order valence-corrected chi connectivity index (χ2v) is 9.43. The quantitative estimate of drug-likeness (QED) is 0.105. The second kappa shape index (κ2) is 17.3. The Balaban J connectivity index is 1.41. The summed E-state index contributed by atoms with van der Waals surface area (Å²) in [5.74, 6) is 0.955. The fourth-order valence-electron chi connectivity index (χ4n) is 3.94. The minimum Gasteiger partial charge on any atom is -0.497 e. The van der Waals surface area contributed by atoms with Crippen LogP contribution in [-0.2, 0) is 22.6 Å². The number of ether oxygens (including phenoxy) is 3. The normalized spacial score (nSPS) is 10.7. The van der Waals surface area contributed by atoms with Crippen LogP contribution in [0.25, 0.3) is 0 Å². The van der Waals surface area contributed by atoms with Crippen molar-refractivity contribution < 1.29 is 23.4 Å². The molecule has 12 nitrogen and oxygen atoms in total. The SMILES string of the molecule is COc1ccc(CNc2nc(NCc3ccccc3F)nc(Nc3cccc(C(=O)NCCOCCOCCN)c3)n2)cc1. The van der Waals surface area contributed by atoms with Crippen LogP contribution in [0.1, 0.15) is 21.5 Å². The summed E-state index contributed by atoms with van der Waals surface area (Å²) < 4.78 is 30.1. The van der Waals surface area contributed by atoms with Gasteiger partial charge in [0.05, 0.1) is 33.5 Å². The number of aromatic nitrogens is 3. The molecule has 0 unspecified atom stereocenters. The predicted octanol–water partition coefficient (Wildman–Crippen LogP) is 3.71. The molecular weight excluding hydrogens is 567 g/mol. The first-order valence-electron chi connectivity index (χ1n) is 14.1. The van der Waals surface area contributed by atoms with Gasteiger partial charge in [-0.15, -0.1) is 0 Å². The number of carbonyl (C=O) groups excluding carboxylic acids is 1. The lowest BCUT2D eigenvalue weighted by molar-refractivity contribution is 0.0511. The lowest BCUT2D eigenvalue weighted by Crippen LogP contribution is -2.27. The molecule has 0 saturated carbocycles. The van der Waals surface area contributed by atoms with Crippen molar-refractivity contribution in [3.05, 3.63) is 95.3 Å². The van der Waals surface area contributed by atoms with Crippen LogP contribution in [0.5, 0.6) is 5.75 Å². The molecule has 0 bridgehead atoms. The number of hydrogen-bond donors (Lipinski definition) is 5. The van der Waals surface area contributed by atoms with Crippen LogP contribution in [0.2, 0.25) is 0 Å². The molecule has 0 aliphatic heterocycles. The Labute approximate surface area is 255 Å². The molecule has 0 radical (unpaired) electrons. The van der Waals surface area contributed by atoms with Crippen molar-refractivity contribution in [1.29, 1.82) is 0 Å². The van der Waals surface area contributed by atoms with Crippen molar-refractivity contribution in [2.45, 2.75) is 13.1 Å². The van der Waals surface area contributed by atoms with Crippen LogP contribution in [0.3, 0.4) is 0 Å². The Morgan fingerprint density at radius 1 is 0.818 bits per heavy atom. The van der Waals surface area contributed by atoms with E-state index in [1.54, 1.807) is 49.6 Å². The van der Waals surface area contributed by atoms with E-state index in [4.69, 9.17) is 19.9 Å². The molecule has 4 aromatic rings. The number of hydrogen-bond acceptors (Lipinski definition) is 11. The third-order valence-electron chi connectivity index (χ3n) is 6.19. The summed E-state index contributed by atoms with van der Waals surface area (Å²) in [4.78, 5) is 26.1. The highest BCUT2D eigenvalue weighted by molar-refractivity contribution is 5.95. The molecule has 6 N–H and O–H groups in total. The predicted molar refractivity (Wildman–Crippen MR) is 167 cm³/mol. The molecule has 0 saturated heterocycles. The van der Waals surface area contributed by atoms with Crippen molar-refractivity contribution in [2.24, 2.45) is 5.73 Å². The van der Waals surface area contributed by atoms with Gasteiger partial charge < -0.3 is 41.2 Å². The Bertz CT molecular complexity index is 1480. The number of anilines is 4. The molecule has 0 spiro atoms. The minimum absolute atomic E-state index is 0.175. The van der Waals surface area contributed by atoms with Gasteiger partial charge in [0, 0.05) is 43.0 Å². The molecule has 0 aliphatic carbocycles. The molecule has 1 heterocycles. The first-order valence-corrected chi connectivity index (χ1v) is 14.1. The third-order valence-corrected chi connectivity index (χ3v) is 6.19. The van der Waals surface area contributed by atoms with Crippen molar-refractivity contribution >= 4 is 29.4 Å². The molecule has 44 heavy (non-hydrogen) atoms. The highest BCUT2D eigenvalue weighted by Crippen LogP contribution is 2.19. The molecule has 0 aliphatic rings. The maximum atomic E-state index is 14.2. The van der Waals surface area contributed by atoms with E-state index in [1.807, 2.05) is 24.3 Å². The van der Waals surface area contributed by atoms with Crippen LogP contribution in [0, 0.1) is 5.82 Å². The monoisotopic (exact) mass is 604 g/mol. The Morgan fingerprint density at radius 2 is 1.52 bits per heavy atom. The van der Waals surface area contributed by atoms with E-state index in [9.17, 15) is 9.18 Å². The number of halogens is 1. The average molecular weight is 605 g/mol. The highest BCUT2D eigenvalue weighted by atomic mass is 19.1. The summed E-state index contributed by atoms with van der Waals surface area (Å²) in [5, 5.41) is 12.3. The summed E-state index contributed by atoms with van der Waals surface area (Å²) in [5.41, 5.74) is 7.88. The van der Waals surface area contributed by atoms with Gasteiger partial charge in [0.25, 0.3) is 5.91 Å². The summed E-state index contributed by atoms with van der Waals surface area (Å²) in [6.45, 7) is 3.16. The van der Waals surface area contributed by atoms with Crippen LogP contribution in [0.4, 0.5) is 27.9 Å². The first-order chi connectivity index (χ1) is 21.5. The van der Waals surface area contributed by atoms with E-state index in [-0.39, 0.29) is 30.2 Å². The number of nitrogens with one attached hydrogen (secondary N) is 4. The van der Waals surface area contributed by atoms with E-state index in [0.717, 1.165) is 11.3 Å². The van der Waals surface area contributed by atoms with Crippen LogP contribution >= 0.6 is 0 Å². The molecule has 1 aromatic heterocycles. The number of amides is 1. The lowest BCUT2D eigenvalue weighted by Gasteiger charge is -2.13. The van der Waals surface area contributed by atoms with Crippen LogP contribution in [0.15, 0.2) is 72.8 Å². The van der Waals surface area contributed by atoms with E-state index < -0.39 is 0 Å². The molecular formula is C31H37FN8O4. The Morgan fingerprint density at radius 3 is 2.25 bits per heavy atom. The van der Waals surface area contributed by atoms with E-state index in [2.05, 4.69) is 36.2 Å².